The van der Waals surface area contributed by atoms with Crippen molar-refractivity contribution in [2.75, 3.05) is 53.5 Å². The van der Waals surface area contributed by atoms with Crippen molar-refractivity contribution in [2.45, 2.75) is 13.8 Å². The molecule has 4 nitrogen and oxygen atoms in total. The SMILES string of the molecule is CCN(C)CC[O][Sn][O]CCN(C)CC. The van der Waals surface area contributed by atoms with Crippen LogP contribution in [0.15, 0.2) is 0 Å². The van der Waals surface area contributed by atoms with Crippen LogP contribution < -0.4 is 0 Å². The minimum atomic E-state index is -1.00. The average Bonchev–Trinajstić information content (AvgIpc) is 2.26. The van der Waals surface area contributed by atoms with Crippen molar-refractivity contribution in [3.05, 3.63) is 0 Å². The first kappa shape index (κ1) is 15.6. The standard InChI is InChI=1S/2C5H12NO.Sn/c2*1-3-6(2)4-5-7;/h2*3-5H2,1-2H3;/q2*-1;+2. The Morgan fingerprint density at radius 1 is 0.867 bits per heavy atom. The molecule has 2 radical (unpaired) electrons. The van der Waals surface area contributed by atoms with Crippen molar-refractivity contribution in [3.8, 4) is 0 Å². The Kier molecular flexibility index (Phi) is 11.6. The molecule has 5 heteroatoms. The molecule has 0 aromatic heterocycles. The van der Waals surface area contributed by atoms with Crippen LogP contribution >= 0.6 is 0 Å². The van der Waals surface area contributed by atoms with Gasteiger partial charge in [-0.15, -0.1) is 0 Å². The molecule has 0 aromatic carbocycles. The summed E-state index contributed by atoms with van der Waals surface area (Å²) in [7, 11) is 4.21. The van der Waals surface area contributed by atoms with Crippen LogP contribution in [0.25, 0.3) is 0 Å². The van der Waals surface area contributed by atoms with Crippen LogP contribution in [0, 0.1) is 0 Å². The molecule has 0 aliphatic carbocycles. The Hall–Kier alpha value is 0.639. The molecular formula is C10H24N2O2Sn. The van der Waals surface area contributed by atoms with Gasteiger partial charge in [0.05, 0.1) is 0 Å². The summed E-state index contributed by atoms with van der Waals surface area (Å²) in [6.45, 7) is 10.1. The van der Waals surface area contributed by atoms with Crippen LogP contribution in [0.2, 0.25) is 0 Å². The molecule has 0 rings (SSSR count). The Labute approximate surface area is 105 Å². The van der Waals surface area contributed by atoms with Crippen LogP contribution in [0.4, 0.5) is 0 Å². The molecule has 90 valence electrons. The third kappa shape index (κ3) is 10.9. The van der Waals surface area contributed by atoms with Gasteiger partial charge in [-0.05, 0) is 0 Å². The normalized spacial score (nSPS) is 11.6. The molecule has 0 atom stereocenters. The predicted molar refractivity (Wildman–Crippen MR) is 64.0 cm³/mol. The third-order valence-corrected chi connectivity index (χ3v) is 4.19. The third-order valence-electron chi connectivity index (χ3n) is 2.35. The summed E-state index contributed by atoms with van der Waals surface area (Å²) in [5.74, 6) is 0. The van der Waals surface area contributed by atoms with Crippen LogP contribution in [0.3, 0.4) is 0 Å². The van der Waals surface area contributed by atoms with Gasteiger partial charge in [0, 0.05) is 0 Å². The molecule has 0 spiro atoms. The molecule has 15 heavy (non-hydrogen) atoms. The van der Waals surface area contributed by atoms with E-state index in [1.807, 2.05) is 0 Å². The van der Waals surface area contributed by atoms with Crippen molar-refractivity contribution in [1.29, 1.82) is 0 Å². The molecule has 0 aliphatic heterocycles. The topological polar surface area (TPSA) is 24.9 Å². The fourth-order valence-corrected chi connectivity index (χ4v) is 2.08. The van der Waals surface area contributed by atoms with Crippen molar-refractivity contribution < 1.29 is 6.15 Å². The summed E-state index contributed by atoms with van der Waals surface area (Å²) in [4.78, 5) is 4.48. The Bertz CT molecular complexity index is 125. The molecule has 0 heterocycles. The quantitative estimate of drug-likeness (QED) is 0.431. The van der Waals surface area contributed by atoms with E-state index >= 15 is 0 Å². The van der Waals surface area contributed by atoms with Crippen molar-refractivity contribution in [3.63, 3.8) is 0 Å². The maximum absolute atomic E-state index is 5.51. The fraction of sp³-hybridized carbons (Fsp3) is 1.00. The molecule has 0 fully saturated rings. The number of hydrogen-bond donors (Lipinski definition) is 0. The number of hydrogen-bond acceptors (Lipinski definition) is 4. The summed E-state index contributed by atoms with van der Waals surface area (Å²) in [5, 5.41) is 0. The molecule has 0 amide bonds. The summed E-state index contributed by atoms with van der Waals surface area (Å²) in [5.41, 5.74) is 0. The summed E-state index contributed by atoms with van der Waals surface area (Å²) in [6, 6.07) is 0. The van der Waals surface area contributed by atoms with E-state index in [0.29, 0.717) is 0 Å². The summed E-state index contributed by atoms with van der Waals surface area (Å²) < 4.78 is 11.0. The van der Waals surface area contributed by atoms with E-state index in [0.717, 1.165) is 39.4 Å². The van der Waals surface area contributed by atoms with Gasteiger partial charge in [0.25, 0.3) is 0 Å². The minimum absolute atomic E-state index is 0.820. The molecule has 0 saturated carbocycles. The van der Waals surface area contributed by atoms with Gasteiger partial charge in [-0.25, -0.2) is 0 Å². The second-order valence-electron chi connectivity index (χ2n) is 3.57. The van der Waals surface area contributed by atoms with Crippen LogP contribution in [0.5, 0.6) is 0 Å². The summed E-state index contributed by atoms with van der Waals surface area (Å²) in [6.07, 6.45) is 0. The van der Waals surface area contributed by atoms with Gasteiger partial charge in [-0.1, -0.05) is 0 Å². The molecular weight excluding hydrogens is 299 g/mol. The zero-order chi connectivity index (χ0) is 11.5. The Morgan fingerprint density at radius 3 is 1.60 bits per heavy atom. The van der Waals surface area contributed by atoms with Gasteiger partial charge < -0.3 is 0 Å². The van der Waals surface area contributed by atoms with Crippen LogP contribution in [-0.2, 0) is 6.15 Å². The first-order valence-electron chi connectivity index (χ1n) is 5.56. The van der Waals surface area contributed by atoms with Gasteiger partial charge in [-0.2, -0.15) is 0 Å². The van der Waals surface area contributed by atoms with Gasteiger partial charge >= 0.3 is 105 Å². The maximum atomic E-state index is 5.51. The van der Waals surface area contributed by atoms with E-state index in [1.165, 1.54) is 0 Å². The van der Waals surface area contributed by atoms with Gasteiger partial charge in [0.15, 0.2) is 0 Å². The number of rotatable bonds is 10. The van der Waals surface area contributed by atoms with Crippen LogP contribution in [0.1, 0.15) is 13.8 Å². The van der Waals surface area contributed by atoms with E-state index in [1.54, 1.807) is 0 Å². The zero-order valence-corrected chi connectivity index (χ0v) is 13.3. The molecule has 0 aromatic rings. The first-order valence-corrected chi connectivity index (χ1v) is 7.89. The van der Waals surface area contributed by atoms with Gasteiger partial charge in [-0.3, -0.25) is 0 Å². The monoisotopic (exact) mass is 324 g/mol. The van der Waals surface area contributed by atoms with E-state index in [2.05, 4.69) is 37.7 Å². The van der Waals surface area contributed by atoms with E-state index in [-0.39, 0.29) is 0 Å². The van der Waals surface area contributed by atoms with Crippen LogP contribution in [-0.4, -0.2) is 85.3 Å². The van der Waals surface area contributed by atoms with Gasteiger partial charge in [0.1, 0.15) is 0 Å². The first-order chi connectivity index (χ1) is 7.20. The Balaban J connectivity index is 3.05. The van der Waals surface area contributed by atoms with E-state index in [9.17, 15) is 0 Å². The summed E-state index contributed by atoms with van der Waals surface area (Å²) >= 11 is -1.00. The number of nitrogens with zero attached hydrogens (tertiary/aromatic N) is 2. The van der Waals surface area contributed by atoms with E-state index < -0.39 is 22.0 Å². The molecule has 0 N–H and O–H groups in total. The average molecular weight is 323 g/mol. The molecule has 0 unspecified atom stereocenters. The second-order valence-corrected chi connectivity index (χ2v) is 5.70. The second kappa shape index (κ2) is 11.1. The zero-order valence-electron chi connectivity index (χ0n) is 10.5. The molecule has 0 aliphatic rings. The van der Waals surface area contributed by atoms with Crippen molar-refractivity contribution in [2.24, 2.45) is 0 Å². The molecule has 0 saturated heterocycles. The van der Waals surface area contributed by atoms with Crippen molar-refractivity contribution in [1.82, 2.24) is 9.80 Å². The van der Waals surface area contributed by atoms with Crippen molar-refractivity contribution >= 4 is 22.0 Å². The van der Waals surface area contributed by atoms with Gasteiger partial charge in [0.2, 0.25) is 0 Å². The predicted octanol–water partition coefficient (Wildman–Crippen LogP) is 0.457. The fourth-order valence-electron chi connectivity index (χ4n) is 0.844. The Morgan fingerprint density at radius 2 is 1.27 bits per heavy atom. The van der Waals surface area contributed by atoms with E-state index in [4.69, 9.17) is 6.15 Å². The number of likely N-dealkylation sites (N-methyl/N-ethyl adjacent to an activating group) is 2. The molecule has 0 bridgehead atoms.